The van der Waals surface area contributed by atoms with Gasteiger partial charge in [-0.1, -0.05) is 48.0 Å². The first kappa shape index (κ1) is 21.3. The SMILES string of the molecule is Cc1cccc(Cn2cc(/C=N\NC(=O)c3cc(Br)c(O)c(Br)c3)c3ccccc32)c1. The van der Waals surface area contributed by atoms with Crippen LogP contribution in [0.25, 0.3) is 10.9 Å². The normalized spacial score (nSPS) is 11.3. The lowest BCUT2D eigenvalue weighted by Crippen LogP contribution is -2.17. The Morgan fingerprint density at radius 3 is 2.58 bits per heavy atom. The Labute approximate surface area is 196 Å². The number of phenols is 1. The number of aryl methyl sites for hydroxylation is 1. The molecule has 4 rings (SSSR count). The van der Waals surface area contributed by atoms with Crippen LogP contribution in [0, 0.1) is 6.92 Å². The van der Waals surface area contributed by atoms with Crippen LogP contribution in [0.2, 0.25) is 0 Å². The fraction of sp³-hybridized carbons (Fsp3) is 0.0833. The first-order chi connectivity index (χ1) is 14.9. The molecule has 3 aromatic carbocycles. The number of aromatic nitrogens is 1. The number of amides is 1. The Hall–Kier alpha value is -2.90. The standard InChI is InChI=1S/C24H19Br2N3O2/c1-15-5-4-6-16(9-15)13-29-14-18(19-7-2-3-8-22(19)29)12-27-28-24(31)17-10-20(25)23(30)21(26)11-17/h2-12,14,30H,13H2,1H3,(H,28,31)/b27-12-. The van der Waals surface area contributed by atoms with Crippen LogP contribution in [0.1, 0.15) is 27.0 Å². The smallest absolute Gasteiger partial charge is 0.271 e. The second kappa shape index (κ2) is 9.08. The minimum absolute atomic E-state index is 0.0430. The number of carbonyl (C=O) groups is 1. The molecule has 1 heterocycles. The van der Waals surface area contributed by atoms with Crippen molar-refractivity contribution in [3.63, 3.8) is 0 Å². The zero-order valence-corrected chi connectivity index (χ0v) is 19.8. The number of para-hydroxylation sites is 1. The van der Waals surface area contributed by atoms with E-state index in [2.05, 4.69) is 84.2 Å². The van der Waals surface area contributed by atoms with Crippen molar-refractivity contribution in [2.45, 2.75) is 13.5 Å². The van der Waals surface area contributed by atoms with Gasteiger partial charge in [-0.15, -0.1) is 0 Å². The highest BCUT2D eigenvalue weighted by Crippen LogP contribution is 2.33. The highest BCUT2D eigenvalue weighted by Gasteiger charge is 2.12. The van der Waals surface area contributed by atoms with Gasteiger partial charge >= 0.3 is 0 Å². The first-order valence-corrected chi connectivity index (χ1v) is 11.2. The molecule has 0 spiro atoms. The van der Waals surface area contributed by atoms with Gasteiger partial charge in [0, 0.05) is 34.8 Å². The maximum absolute atomic E-state index is 12.4. The molecule has 0 bridgehead atoms. The molecule has 0 aliphatic carbocycles. The number of carbonyl (C=O) groups excluding carboxylic acids is 1. The van der Waals surface area contributed by atoms with Crippen LogP contribution in [-0.2, 0) is 6.54 Å². The van der Waals surface area contributed by atoms with Crippen LogP contribution >= 0.6 is 31.9 Å². The number of hydrazone groups is 1. The molecule has 31 heavy (non-hydrogen) atoms. The fourth-order valence-corrected chi connectivity index (χ4v) is 4.62. The summed E-state index contributed by atoms with van der Waals surface area (Å²) in [4.78, 5) is 12.4. The summed E-state index contributed by atoms with van der Waals surface area (Å²) in [5, 5.41) is 15.0. The van der Waals surface area contributed by atoms with Gasteiger partial charge < -0.3 is 9.67 Å². The average molecular weight is 541 g/mol. The third kappa shape index (κ3) is 4.73. The van der Waals surface area contributed by atoms with E-state index in [4.69, 9.17) is 0 Å². The number of aromatic hydroxyl groups is 1. The van der Waals surface area contributed by atoms with Gasteiger partial charge in [0.2, 0.25) is 0 Å². The van der Waals surface area contributed by atoms with E-state index >= 15 is 0 Å². The highest BCUT2D eigenvalue weighted by atomic mass is 79.9. The van der Waals surface area contributed by atoms with Crippen molar-refractivity contribution in [2.24, 2.45) is 5.10 Å². The van der Waals surface area contributed by atoms with Gasteiger partial charge in [-0.3, -0.25) is 4.79 Å². The summed E-state index contributed by atoms with van der Waals surface area (Å²) in [5.41, 5.74) is 7.39. The molecule has 0 fully saturated rings. The summed E-state index contributed by atoms with van der Waals surface area (Å²) in [5.74, 6) is -0.331. The molecule has 156 valence electrons. The van der Waals surface area contributed by atoms with Crippen LogP contribution in [0.5, 0.6) is 5.75 Å². The van der Waals surface area contributed by atoms with Crippen molar-refractivity contribution >= 4 is 54.9 Å². The molecule has 7 heteroatoms. The van der Waals surface area contributed by atoms with Crippen molar-refractivity contribution in [3.8, 4) is 5.75 Å². The minimum atomic E-state index is -0.374. The third-order valence-corrected chi connectivity index (χ3v) is 6.11. The van der Waals surface area contributed by atoms with Gasteiger partial charge in [-0.25, -0.2) is 5.43 Å². The number of halogens is 2. The van der Waals surface area contributed by atoms with Crippen LogP contribution in [0.3, 0.4) is 0 Å². The lowest BCUT2D eigenvalue weighted by molar-refractivity contribution is 0.0955. The number of hydrogen-bond acceptors (Lipinski definition) is 3. The predicted molar refractivity (Wildman–Crippen MR) is 131 cm³/mol. The summed E-state index contributed by atoms with van der Waals surface area (Å²) in [7, 11) is 0. The van der Waals surface area contributed by atoms with E-state index in [-0.39, 0.29) is 11.7 Å². The number of nitrogens with zero attached hydrogens (tertiary/aromatic N) is 2. The van der Waals surface area contributed by atoms with Gasteiger partial charge in [-0.05, 0) is 62.5 Å². The number of rotatable bonds is 5. The number of fused-ring (bicyclic) bond motifs is 1. The number of hydrogen-bond donors (Lipinski definition) is 2. The molecule has 0 aliphatic heterocycles. The molecular formula is C24H19Br2N3O2. The maximum Gasteiger partial charge on any atom is 0.271 e. The highest BCUT2D eigenvalue weighted by molar-refractivity contribution is 9.11. The average Bonchev–Trinajstić information content (AvgIpc) is 3.09. The first-order valence-electron chi connectivity index (χ1n) is 9.57. The summed E-state index contributed by atoms with van der Waals surface area (Å²) in [6.07, 6.45) is 3.69. The summed E-state index contributed by atoms with van der Waals surface area (Å²) < 4.78 is 3.03. The van der Waals surface area contributed by atoms with E-state index in [1.807, 2.05) is 24.4 Å². The van der Waals surface area contributed by atoms with Crippen LogP contribution in [-0.4, -0.2) is 21.8 Å². The number of nitrogens with one attached hydrogen (secondary N) is 1. The molecule has 0 radical (unpaired) electrons. The molecule has 1 amide bonds. The molecule has 0 atom stereocenters. The zero-order valence-electron chi connectivity index (χ0n) is 16.6. The van der Waals surface area contributed by atoms with E-state index in [9.17, 15) is 9.90 Å². The largest absolute Gasteiger partial charge is 0.506 e. The third-order valence-electron chi connectivity index (χ3n) is 4.90. The van der Waals surface area contributed by atoms with Gasteiger partial charge in [-0.2, -0.15) is 5.10 Å². The second-order valence-electron chi connectivity index (χ2n) is 7.21. The number of phenolic OH excluding ortho intramolecular Hbond substituents is 1. The second-order valence-corrected chi connectivity index (χ2v) is 8.91. The summed E-state index contributed by atoms with van der Waals surface area (Å²) in [6, 6.07) is 19.6. The molecule has 2 N–H and O–H groups in total. The Morgan fingerprint density at radius 1 is 1.10 bits per heavy atom. The monoisotopic (exact) mass is 539 g/mol. The van der Waals surface area contributed by atoms with Crippen molar-refractivity contribution in [2.75, 3.05) is 0 Å². The van der Waals surface area contributed by atoms with Crippen molar-refractivity contribution < 1.29 is 9.90 Å². The fourth-order valence-electron chi connectivity index (χ4n) is 3.44. The van der Waals surface area contributed by atoms with Crippen molar-refractivity contribution in [1.29, 1.82) is 0 Å². The lowest BCUT2D eigenvalue weighted by Gasteiger charge is -2.06. The minimum Gasteiger partial charge on any atom is -0.506 e. The predicted octanol–water partition coefficient (Wildman–Crippen LogP) is 5.99. The molecule has 1 aromatic heterocycles. The quantitative estimate of drug-likeness (QED) is 0.241. The summed E-state index contributed by atoms with van der Waals surface area (Å²) >= 11 is 6.46. The van der Waals surface area contributed by atoms with E-state index in [1.165, 1.54) is 11.1 Å². The molecule has 0 aliphatic rings. The van der Waals surface area contributed by atoms with Crippen LogP contribution < -0.4 is 5.43 Å². The molecule has 0 unspecified atom stereocenters. The van der Waals surface area contributed by atoms with E-state index < -0.39 is 0 Å². The summed E-state index contributed by atoms with van der Waals surface area (Å²) in [6.45, 7) is 2.83. The van der Waals surface area contributed by atoms with Gasteiger partial charge in [0.1, 0.15) is 5.75 Å². The Morgan fingerprint density at radius 2 is 1.84 bits per heavy atom. The van der Waals surface area contributed by atoms with Crippen LogP contribution in [0.4, 0.5) is 0 Å². The van der Waals surface area contributed by atoms with Gasteiger partial charge in [0.05, 0.1) is 15.2 Å². The molecule has 4 aromatic rings. The lowest BCUT2D eigenvalue weighted by atomic mass is 10.1. The van der Waals surface area contributed by atoms with Gasteiger partial charge in [0.25, 0.3) is 5.91 Å². The van der Waals surface area contributed by atoms with E-state index in [1.54, 1.807) is 18.3 Å². The van der Waals surface area contributed by atoms with E-state index in [0.717, 1.165) is 23.0 Å². The van der Waals surface area contributed by atoms with E-state index in [0.29, 0.717) is 14.5 Å². The van der Waals surface area contributed by atoms with Crippen molar-refractivity contribution in [3.05, 3.63) is 98.1 Å². The topological polar surface area (TPSA) is 66.6 Å². The Kier molecular flexibility index (Phi) is 6.25. The van der Waals surface area contributed by atoms with Crippen LogP contribution in [0.15, 0.2) is 80.9 Å². The van der Waals surface area contributed by atoms with Gasteiger partial charge in [0.15, 0.2) is 0 Å². The molecule has 0 saturated heterocycles. The maximum atomic E-state index is 12.4. The molecular weight excluding hydrogens is 522 g/mol. The Bertz CT molecular complexity index is 1290. The zero-order chi connectivity index (χ0) is 22.0. The molecule has 5 nitrogen and oxygen atoms in total. The molecule has 0 saturated carbocycles. The Balaban J connectivity index is 1.57. The van der Waals surface area contributed by atoms with Crippen molar-refractivity contribution in [1.82, 2.24) is 9.99 Å². The number of benzene rings is 3.